The van der Waals surface area contributed by atoms with E-state index in [1.54, 1.807) is 32.2 Å². The molecule has 0 radical (unpaired) electrons. The third-order valence-corrected chi connectivity index (χ3v) is 12.0. The largest absolute Gasteiger partial charge is 0.445 e. The number of pyridine rings is 1. The van der Waals surface area contributed by atoms with Gasteiger partial charge in [0.05, 0.1) is 29.5 Å². The fourth-order valence-electron chi connectivity index (χ4n) is 8.67. The van der Waals surface area contributed by atoms with Crippen LogP contribution in [0.25, 0.3) is 10.9 Å². The Morgan fingerprint density at radius 3 is 2.48 bits per heavy atom. The molecule has 3 heterocycles. The van der Waals surface area contributed by atoms with E-state index >= 15 is 0 Å². The molecule has 0 bridgehead atoms. The predicted molar refractivity (Wildman–Crippen MR) is 229 cm³/mol. The van der Waals surface area contributed by atoms with Gasteiger partial charge in [-0.15, -0.1) is 5.10 Å². The van der Waals surface area contributed by atoms with Crippen molar-refractivity contribution in [2.75, 3.05) is 13.1 Å². The lowest BCUT2D eigenvalue weighted by atomic mass is 9.80. The second-order valence-corrected chi connectivity index (χ2v) is 17.1. The van der Waals surface area contributed by atoms with Crippen LogP contribution in [-0.2, 0) is 36.1 Å². The first-order valence-corrected chi connectivity index (χ1v) is 21.7. The highest BCUT2D eigenvalue weighted by molar-refractivity contribution is 6.37. The molecule has 1 saturated heterocycles. The molecule has 1 aliphatic carbocycles. The monoisotopic (exact) mass is 850 g/mol. The second-order valence-electron chi connectivity index (χ2n) is 17.1. The Morgan fingerprint density at radius 2 is 1.74 bits per heavy atom. The average Bonchev–Trinajstić information content (AvgIpc) is 3.96. The van der Waals surface area contributed by atoms with Crippen molar-refractivity contribution in [3.8, 4) is 0 Å². The number of nitrogens with zero attached hydrogens (tertiary/aromatic N) is 5. The minimum atomic E-state index is -1.34. The number of Topliss-reactive ketones (excluding diaryl/α,β-unsaturated/α-hetero) is 2. The molecule has 2 aromatic heterocycles. The number of nitrogens with two attached hydrogens (primary N) is 1. The molecular weight excluding hydrogens is 793 g/mol. The summed E-state index contributed by atoms with van der Waals surface area (Å²) >= 11 is 0. The standard InChI is InChI=1S/C46H58N8O8/c1-46(2,61)40-27-50-52-54(40)35-26-38(43(58)51-36(41(56)42(47)57)17-9-10-22-49-45(60)62-29-31-14-7-4-8-15-31)53(28-35)44(59)34(24-30-12-5-3-6-13-30)20-21-39(55)33-19-18-32-16-11-23-48-37(32)25-33/h4,7-8,11,14-16,18-19,23,25,27,30,34-36,38,61H,3,5-6,9-10,12-13,17,20-22,24,26,28-29H2,1-2H3,(H2,47,57)(H,49,60)(H,51,58)/t34-,35+,36?,38+/m1/s1. The number of hydrogen-bond acceptors (Lipinski definition) is 11. The molecule has 5 N–H and O–H groups in total. The molecule has 2 aromatic carbocycles. The molecule has 4 amide bonds. The van der Waals surface area contributed by atoms with Gasteiger partial charge in [0.1, 0.15) is 18.2 Å². The zero-order chi connectivity index (χ0) is 44.2. The summed E-state index contributed by atoms with van der Waals surface area (Å²) in [5.41, 5.74) is 6.54. The zero-order valence-corrected chi connectivity index (χ0v) is 35.5. The Bertz CT molecular complexity index is 2200. The quantitative estimate of drug-likeness (QED) is 0.0521. The number of aliphatic hydroxyl groups is 1. The van der Waals surface area contributed by atoms with Gasteiger partial charge in [-0.05, 0) is 69.6 Å². The van der Waals surface area contributed by atoms with Crippen LogP contribution in [0.3, 0.4) is 0 Å². The highest BCUT2D eigenvalue weighted by atomic mass is 16.5. The van der Waals surface area contributed by atoms with Gasteiger partial charge in [-0.3, -0.25) is 29.0 Å². The summed E-state index contributed by atoms with van der Waals surface area (Å²) in [5.74, 6) is -3.57. The van der Waals surface area contributed by atoms with Crippen LogP contribution >= 0.6 is 0 Å². The first kappa shape index (κ1) is 45.5. The lowest BCUT2D eigenvalue weighted by Gasteiger charge is -2.32. The predicted octanol–water partition coefficient (Wildman–Crippen LogP) is 5.08. The van der Waals surface area contributed by atoms with Gasteiger partial charge in [0.2, 0.25) is 17.6 Å². The van der Waals surface area contributed by atoms with Crippen LogP contribution in [0.15, 0.2) is 73.1 Å². The molecule has 62 heavy (non-hydrogen) atoms. The number of unbranched alkanes of at least 4 members (excludes halogenated alkanes) is 1. The van der Waals surface area contributed by atoms with Gasteiger partial charge >= 0.3 is 6.09 Å². The molecule has 330 valence electrons. The van der Waals surface area contributed by atoms with Crippen LogP contribution in [0.2, 0.25) is 0 Å². The van der Waals surface area contributed by atoms with Crippen LogP contribution < -0.4 is 16.4 Å². The maximum atomic E-state index is 15.0. The van der Waals surface area contributed by atoms with E-state index in [-0.39, 0.29) is 63.0 Å². The Kier molecular flexibility index (Phi) is 15.5. The van der Waals surface area contributed by atoms with E-state index < -0.39 is 53.3 Å². The van der Waals surface area contributed by atoms with E-state index in [1.807, 2.05) is 48.5 Å². The molecule has 2 aliphatic rings. The van der Waals surface area contributed by atoms with Crippen molar-refractivity contribution in [2.24, 2.45) is 17.6 Å². The van der Waals surface area contributed by atoms with Gasteiger partial charge in [0.15, 0.2) is 5.78 Å². The van der Waals surface area contributed by atoms with Gasteiger partial charge in [0.25, 0.3) is 5.91 Å². The number of ketones is 2. The Morgan fingerprint density at radius 1 is 0.968 bits per heavy atom. The molecule has 16 heteroatoms. The number of amides is 4. The maximum absolute atomic E-state index is 15.0. The minimum absolute atomic E-state index is 0.0426. The number of likely N-dealkylation sites (tertiary alicyclic amines) is 1. The van der Waals surface area contributed by atoms with Gasteiger partial charge in [-0.25, -0.2) is 9.48 Å². The number of aromatic nitrogens is 4. The van der Waals surface area contributed by atoms with Crippen molar-refractivity contribution in [2.45, 2.75) is 121 Å². The minimum Gasteiger partial charge on any atom is -0.445 e. The van der Waals surface area contributed by atoms with Crippen molar-refractivity contribution in [1.82, 2.24) is 35.5 Å². The summed E-state index contributed by atoms with van der Waals surface area (Å²) in [4.78, 5) is 86.5. The summed E-state index contributed by atoms with van der Waals surface area (Å²) in [7, 11) is 0. The third-order valence-electron chi connectivity index (χ3n) is 12.0. The highest BCUT2D eigenvalue weighted by Gasteiger charge is 2.45. The molecule has 16 nitrogen and oxygen atoms in total. The summed E-state index contributed by atoms with van der Waals surface area (Å²) in [5, 5.41) is 25.6. The number of hydrogen-bond donors (Lipinski definition) is 4. The first-order valence-electron chi connectivity index (χ1n) is 21.7. The van der Waals surface area contributed by atoms with Crippen molar-refractivity contribution >= 4 is 46.3 Å². The van der Waals surface area contributed by atoms with Gasteiger partial charge in [-0.2, -0.15) is 0 Å². The number of carbonyl (C=O) groups is 6. The van der Waals surface area contributed by atoms with Crippen molar-refractivity contribution in [1.29, 1.82) is 0 Å². The summed E-state index contributed by atoms with van der Waals surface area (Å²) in [6.45, 7) is 3.56. The Labute approximate surface area is 361 Å². The number of primary amides is 1. The van der Waals surface area contributed by atoms with Gasteiger partial charge in [-0.1, -0.05) is 85.8 Å². The number of fused-ring (bicyclic) bond motifs is 1. The van der Waals surface area contributed by atoms with Crippen molar-refractivity contribution in [3.63, 3.8) is 0 Å². The van der Waals surface area contributed by atoms with E-state index in [0.717, 1.165) is 43.1 Å². The number of nitrogens with one attached hydrogen (secondary N) is 2. The van der Waals surface area contributed by atoms with E-state index in [1.165, 1.54) is 15.8 Å². The van der Waals surface area contributed by atoms with Crippen LogP contribution in [0.5, 0.6) is 0 Å². The van der Waals surface area contributed by atoms with E-state index in [4.69, 9.17) is 10.5 Å². The van der Waals surface area contributed by atoms with Gasteiger partial charge < -0.3 is 31.1 Å². The topological polar surface area (TPSA) is 229 Å². The van der Waals surface area contributed by atoms with Crippen molar-refractivity contribution in [3.05, 3.63) is 89.9 Å². The Hall–Kier alpha value is -6.03. The first-order chi connectivity index (χ1) is 29.8. The Balaban J connectivity index is 1.18. The molecule has 1 saturated carbocycles. The van der Waals surface area contributed by atoms with E-state index in [9.17, 15) is 33.9 Å². The zero-order valence-electron chi connectivity index (χ0n) is 35.5. The number of rotatable bonds is 20. The molecule has 1 unspecified atom stereocenters. The summed E-state index contributed by atoms with van der Waals surface area (Å²) < 4.78 is 6.78. The number of carbonyl (C=O) groups excluding carboxylic acids is 6. The number of benzene rings is 2. The number of alkyl carbamates (subject to hydrolysis) is 1. The van der Waals surface area contributed by atoms with E-state index in [2.05, 4.69) is 25.9 Å². The average molecular weight is 851 g/mol. The summed E-state index contributed by atoms with van der Waals surface area (Å²) in [6.07, 6.45) is 9.46. The molecule has 6 rings (SSSR count). The maximum Gasteiger partial charge on any atom is 0.407 e. The lowest BCUT2D eigenvalue weighted by Crippen LogP contribution is -2.53. The summed E-state index contributed by atoms with van der Waals surface area (Å²) in [6, 6.07) is 15.4. The van der Waals surface area contributed by atoms with E-state index in [0.29, 0.717) is 36.0 Å². The highest BCUT2D eigenvalue weighted by Crippen LogP contribution is 2.36. The number of ether oxygens (including phenoxy) is 1. The fourth-order valence-corrected chi connectivity index (χ4v) is 8.67. The molecule has 4 aromatic rings. The van der Waals surface area contributed by atoms with Crippen molar-refractivity contribution < 1.29 is 38.6 Å². The fraction of sp³-hybridized carbons (Fsp3) is 0.500. The third kappa shape index (κ3) is 12.1. The van der Waals surface area contributed by atoms with Crippen LogP contribution in [0.4, 0.5) is 4.79 Å². The molecular formula is C46H58N8O8. The normalized spacial score (nSPS) is 17.9. The van der Waals surface area contributed by atoms with Crippen LogP contribution in [0, 0.1) is 11.8 Å². The van der Waals surface area contributed by atoms with Crippen LogP contribution in [0.1, 0.15) is 119 Å². The smallest absolute Gasteiger partial charge is 0.407 e. The van der Waals surface area contributed by atoms with Crippen LogP contribution in [-0.4, -0.2) is 90.5 Å². The SMILES string of the molecule is CC(C)(O)c1cnnn1[C@H]1C[C@@H](C(=O)NC(CCCCNC(=O)OCc2ccccc2)C(=O)C(N)=O)N(C(=O)[C@H](CCC(=O)c2ccc3cccnc3c2)CC2CCCCC2)C1. The molecule has 1 aliphatic heterocycles. The lowest BCUT2D eigenvalue weighted by molar-refractivity contribution is -0.143. The molecule has 2 fully saturated rings. The molecule has 0 spiro atoms. The molecule has 4 atom stereocenters. The van der Waals surface area contributed by atoms with Gasteiger partial charge in [0, 0.05) is 49.0 Å². The second kappa shape index (κ2) is 21.2.